The fourth-order valence-electron chi connectivity index (χ4n) is 3.30. The van der Waals surface area contributed by atoms with E-state index in [2.05, 4.69) is 20.7 Å². The van der Waals surface area contributed by atoms with E-state index in [1.165, 1.54) is 17.9 Å². The summed E-state index contributed by atoms with van der Waals surface area (Å²) < 4.78 is 39.9. The number of carbonyl (C=O) groups excluding carboxylic acids is 1. The first-order valence-corrected chi connectivity index (χ1v) is 10.6. The van der Waals surface area contributed by atoms with Crippen LogP contribution in [0, 0.1) is 0 Å². The van der Waals surface area contributed by atoms with E-state index in [4.69, 9.17) is 9.47 Å². The number of nitrogens with zero attached hydrogens (tertiary/aromatic N) is 1. The summed E-state index contributed by atoms with van der Waals surface area (Å²) in [6.45, 7) is 2.18. The zero-order valence-electron chi connectivity index (χ0n) is 14.5. The lowest BCUT2D eigenvalue weighted by molar-refractivity contribution is -0.116. The van der Waals surface area contributed by atoms with Crippen LogP contribution >= 0.6 is 15.9 Å². The van der Waals surface area contributed by atoms with Crippen molar-refractivity contribution in [3.63, 3.8) is 0 Å². The molecule has 2 aliphatic rings. The highest BCUT2D eigenvalue weighted by molar-refractivity contribution is 9.10. The lowest BCUT2D eigenvalue weighted by Crippen LogP contribution is -2.30. The van der Waals surface area contributed by atoms with E-state index in [9.17, 15) is 13.2 Å². The summed E-state index contributed by atoms with van der Waals surface area (Å²) in [6.07, 6.45) is 0.624. The number of sulfonamides is 1. The fourth-order valence-corrected chi connectivity index (χ4v) is 5.24. The Balaban J connectivity index is 1.64. The Morgan fingerprint density at radius 1 is 1.22 bits per heavy atom. The minimum absolute atomic E-state index is 0.0975. The van der Waals surface area contributed by atoms with E-state index in [1.54, 1.807) is 18.2 Å². The smallest absolute Gasteiger partial charge is 0.242 e. The molecule has 0 atom stereocenters. The maximum Gasteiger partial charge on any atom is 0.242 e. The lowest BCUT2D eigenvalue weighted by Gasteiger charge is -2.19. The van der Waals surface area contributed by atoms with Gasteiger partial charge in [-0.15, -0.1) is 0 Å². The molecular weight excluding hydrogens is 436 g/mol. The molecule has 142 valence electrons. The number of carbonyl (C=O) groups is 1. The van der Waals surface area contributed by atoms with Crippen LogP contribution in [-0.2, 0) is 27.8 Å². The van der Waals surface area contributed by atoms with Crippen molar-refractivity contribution in [3.8, 4) is 11.5 Å². The molecule has 0 spiro atoms. The predicted molar refractivity (Wildman–Crippen MR) is 102 cm³/mol. The fraction of sp³-hybridized carbons (Fsp3) is 0.278. The maximum absolute atomic E-state index is 13.0. The zero-order chi connectivity index (χ0) is 19.2. The summed E-state index contributed by atoms with van der Waals surface area (Å²) in [4.78, 5) is 13.5. The molecule has 0 aliphatic carbocycles. The van der Waals surface area contributed by atoms with Crippen molar-refractivity contribution in [2.45, 2.75) is 24.8 Å². The summed E-state index contributed by atoms with van der Waals surface area (Å²) in [5, 5.41) is 0. The van der Waals surface area contributed by atoms with Crippen LogP contribution in [0.5, 0.6) is 11.5 Å². The second-order valence-electron chi connectivity index (χ2n) is 6.34. The summed E-state index contributed by atoms with van der Waals surface area (Å²) >= 11 is 3.37. The van der Waals surface area contributed by atoms with E-state index in [0.717, 1.165) is 11.1 Å². The van der Waals surface area contributed by atoms with Gasteiger partial charge in [0, 0.05) is 24.5 Å². The van der Waals surface area contributed by atoms with Gasteiger partial charge in [0.1, 0.15) is 4.90 Å². The number of hydrogen-bond acceptors (Lipinski definition) is 5. The third-order valence-corrected chi connectivity index (χ3v) is 6.44. The Labute approximate surface area is 165 Å². The molecule has 0 saturated heterocycles. The second-order valence-corrected chi connectivity index (χ2v) is 9.00. The van der Waals surface area contributed by atoms with Gasteiger partial charge in [-0.3, -0.25) is 4.79 Å². The van der Waals surface area contributed by atoms with Crippen molar-refractivity contribution < 1.29 is 22.7 Å². The topological polar surface area (TPSA) is 84.9 Å². The molecule has 0 unspecified atom stereocenters. The monoisotopic (exact) mass is 452 g/mol. The molecule has 9 heteroatoms. The Morgan fingerprint density at radius 2 is 2.00 bits per heavy atom. The number of halogens is 1. The first-order chi connectivity index (χ1) is 12.8. The van der Waals surface area contributed by atoms with Gasteiger partial charge in [0.15, 0.2) is 11.5 Å². The van der Waals surface area contributed by atoms with Gasteiger partial charge in [0.25, 0.3) is 0 Å². The van der Waals surface area contributed by atoms with Gasteiger partial charge >= 0.3 is 0 Å². The van der Waals surface area contributed by atoms with Crippen LogP contribution in [-0.4, -0.2) is 27.7 Å². The number of anilines is 1. The summed E-state index contributed by atoms with van der Waals surface area (Å²) in [5.41, 5.74) is 2.05. The Bertz CT molecular complexity index is 1040. The van der Waals surface area contributed by atoms with Gasteiger partial charge in [-0.05, 0) is 41.8 Å². The van der Waals surface area contributed by atoms with Crippen molar-refractivity contribution in [3.05, 3.63) is 45.9 Å². The Hall–Kier alpha value is -2.10. The first-order valence-electron chi connectivity index (χ1n) is 8.34. The molecule has 1 amide bonds. The molecule has 0 aromatic heterocycles. The number of ether oxygens (including phenoxy) is 2. The number of fused-ring (bicyclic) bond motifs is 2. The zero-order valence-corrected chi connectivity index (χ0v) is 16.9. The maximum atomic E-state index is 13.0. The predicted octanol–water partition coefficient (Wildman–Crippen LogP) is 2.57. The van der Waals surface area contributed by atoms with Gasteiger partial charge in [0.2, 0.25) is 22.7 Å². The molecule has 2 heterocycles. The molecule has 2 aromatic rings. The molecule has 2 aliphatic heterocycles. The molecular formula is C18H17BrN2O5S. The van der Waals surface area contributed by atoms with E-state index < -0.39 is 10.0 Å². The molecule has 0 bridgehead atoms. The summed E-state index contributed by atoms with van der Waals surface area (Å²) in [5.74, 6) is 1.06. The number of rotatable bonds is 4. The number of amides is 1. The van der Waals surface area contributed by atoms with E-state index >= 15 is 0 Å². The minimum atomic E-state index is -3.83. The van der Waals surface area contributed by atoms with Crippen LogP contribution in [0.25, 0.3) is 0 Å². The largest absolute Gasteiger partial charge is 0.454 e. The van der Waals surface area contributed by atoms with Gasteiger partial charge in [-0.1, -0.05) is 22.0 Å². The molecule has 0 fully saturated rings. The first kappa shape index (κ1) is 18.3. The molecule has 4 rings (SSSR count). The average Bonchev–Trinajstić information content (AvgIpc) is 3.25. The van der Waals surface area contributed by atoms with Gasteiger partial charge in [-0.25, -0.2) is 13.1 Å². The standard InChI is InChI=1S/C18H17BrN2O5S/c1-11(22)21-5-4-13-7-14(19)8-17(18(13)21)27(23,24)20-9-12-2-3-15-16(6-12)26-10-25-15/h2-3,6-8,20H,4-5,9-10H2,1H3. The van der Waals surface area contributed by atoms with E-state index in [0.29, 0.717) is 34.6 Å². The lowest BCUT2D eigenvalue weighted by atomic mass is 10.2. The van der Waals surface area contributed by atoms with Gasteiger partial charge < -0.3 is 14.4 Å². The highest BCUT2D eigenvalue weighted by Crippen LogP contribution is 2.38. The van der Waals surface area contributed by atoms with Crippen molar-refractivity contribution in [2.75, 3.05) is 18.2 Å². The molecule has 0 saturated carbocycles. The molecule has 2 aromatic carbocycles. The van der Waals surface area contributed by atoms with Crippen molar-refractivity contribution in [2.24, 2.45) is 0 Å². The Morgan fingerprint density at radius 3 is 2.78 bits per heavy atom. The molecule has 1 N–H and O–H groups in total. The highest BCUT2D eigenvalue weighted by Gasteiger charge is 2.31. The molecule has 7 nitrogen and oxygen atoms in total. The normalized spacial score (nSPS) is 15.1. The van der Waals surface area contributed by atoms with Crippen LogP contribution in [0.2, 0.25) is 0 Å². The van der Waals surface area contributed by atoms with Crippen molar-refractivity contribution in [1.29, 1.82) is 0 Å². The number of nitrogens with one attached hydrogen (secondary N) is 1. The minimum Gasteiger partial charge on any atom is -0.454 e. The van der Waals surface area contributed by atoms with Crippen LogP contribution in [0.3, 0.4) is 0 Å². The van der Waals surface area contributed by atoms with Crippen LogP contribution in [0.4, 0.5) is 5.69 Å². The molecule has 27 heavy (non-hydrogen) atoms. The van der Waals surface area contributed by atoms with Crippen molar-refractivity contribution >= 4 is 37.5 Å². The third-order valence-electron chi connectivity index (χ3n) is 4.57. The van der Waals surface area contributed by atoms with Crippen molar-refractivity contribution in [1.82, 2.24) is 4.72 Å². The average molecular weight is 453 g/mol. The van der Waals surface area contributed by atoms with Crippen LogP contribution in [0.15, 0.2) is 39.7 Å². The summed E-state index contributed by atoms with van der Waals surface area (Å²) in [6, 6.07) is 8.67. The second kappa shape index (κ2) is 6.81. The quantitative estimate of drug-likeness (QED) is 0.770. The number of benzene rings is 2. The SMILES string of the molecule is CC(=O)N1CCc2cc(Br)cc(S(=O)(=O)NCc3ccc4c(c3)OCO4)c21. The number of hydrogen-bond donors (Lipinski definition) is 1. The molecule has 0 radical (unpaired) electrons. The van der Waals surface area contributed by atoms with E-state index in [1.807, 2.05) is 6.07 Å². The van der Waals surface area contributed by atoms with Gasteiger partial charge in [-0.2, -0.15) is 0 Å². The summed E-state index contributed by atoms with van der Waals surface area (Å²) in [7, 11) is -3.83. The van der Waals surface area contributed by atoms with Crippen LogP contribution < -0.4 is 19.1 Å². The van der Waals surface area contributed by atoms with Crippen LogP contribution in [0.1, 0.15) is 18.1 Å². The highest BCUT2D eigenvalue weighted by atomic mass is 79.9. The third kappa shape index (κ3) is 3.42. The van der Waals surface area contributed by atoms with E-state index in [-0.39, 0.29) is 24.1 Å². The Kier molecular flexibility index (Phi) is 4.61. The van der Waals surface area contributed by atoms with Gasteiger partial charge in [0.05, 0.1) is 5.69 Å².